The number of aryl methyl sites for hydroxylation is 1. The van der Waals surface area contributed by atoms with E-state index < -0.39 is 10.0 Å². The van der Waals surface area contributed by atoms with Crippen LogP contribution in [0.5, 0.6) is 0 Å². The summed E-state index contributed by atoms with van der Waals surface area (Å²) in [5, 5.41) is 0. The molecule has 1 aromatic carbocycles. The number of benzene rings is 1. The number of nitrogens with two attached hydrogens (primary N) is 1. The molecule has 0 atom stereocenters. The Morgan fingerprint density at radius 3 is 2.65 bits per heavy atom. The highest BCUT2D eigenvalue weighted by Gasteiger charge is 2.17. The predicted octanol–water partition coefficient (Wildman–Crippen LogP) is 1.49. The standard InChI is InChI=1S/C14H17N3O2S/c1-11-5-2-3-6-12(11)8-10-17-20(18,19)13-7-4-9-16-14(13)15/h2-7,9,17H,8,10H2,1H3,(H2,15,16). The zero-order valence-electron chi connectivity index (χ0n) is 11.2. The van der Waals surface area contributed by atoms with Crippen molar-refractivity contribution in [3.05, 3.63) is 53.7 Å². The van der Waals surface area contributed by atoms with E-state index in [4.69, 9.17) is 5.73 Å². The molecule has 2 rings (SSSR count). The number of sulfonamides is 1. The largest absolute Gasteiger partial charge is 0.383 e. The van der Waals surface area contributed by atoms with Crippen LogP contribution >= 0.6 is 0 Å². The average molecular weight is 291 g/mol. The fourth-order valence-corrected chi connectivity index (χ4v) is 3.03. The molecule has 6 heteroatoms. The van der Waals surface area contributed by atoms with Crippen molar-refractivity contribution in [2.75, 3.05) is 12.3 Å². The van der Waals surface area contributed by atoms with E-state index in [9.17, 15) is 8.42 Å². The van der Waals surface area contributed by atoms with Crippen LogP contribution in [0.15, 0.2) is 47.5 Å². The van der Waals surface area contributed by atoms with Crippen molar-refractivity contribution in [2.24, 2.45) is 0 Å². The number of anilines is 1. The zero-order valence-corrected chi connectivity index (χ0v) is 12.0. The number of rotatable bonds is 5. The van der Waals surface area contributed by atoms with E-state index in [0.29, 0.717) is 13.0 Å². The van der Waals surface area contributed by atoms with Gasteiger partial charge in [0.2, 0.25) is 10.0 Å². The van der Waals surface area contributed by atoms with Crippen LogP contribution < -0.4 is 10.5 Å². The minimum absolute atomic E-state index is 0.0101. The number of nitrogens with one attached hydrogen (secondary N) is 1. The first kappa shape index (κ1) is 14.5. The van der Waals surface area contributed by atoms with Crippen molar-refractivity contribution in [2.45, 2.75) is 18.2 Å². The van der Waals surface area contributed by atoms with Crippen molar-refractivity contribution < 1.29 is 8.42 Å². The molecular weight excluding hydrogens is 274 g/mol. The van der Waals surface area contributed by atoms with Crippen LogP contribution in [0, 0.1) is 6.92 Å². The third-order valence-electron chi connectivity index (χ3n) is 3.04. The summed E-state index contributed by atoms with van der Waals surface area (Å²) in [6.07, 6.45) is 2.09. The Balaban J connectivity index is 2.04. The lowest BCUT2D eigenvalue weighted by Gasteiger charge is -2.09. The normalized spacial score (nSPS) is 11.4. The lowest BCUT2D eigenvalue weighted by molar-refractivity contribution is 0.581. The quantitative estimate of drug-likeness (QED) is 0.874. The summed E-state index contributed by atoms with van der Waals surface area (Å²) in [6, 6.07) is 10.9. The van der Waals surface area contributed by atoms with Gasteiger partial charge in [-0.3, -0.25) is 0 Å². The summed E-state index contributed by atoms with van der Waals surface area (Å²) in [7, 11) is -3.61. The van der Waals surface area contributed by atoms with E-state index in [-0.39, 0.29) is 10.7 Å². The van der Waals surface area contributed by atoms with E-state index in [2.05, 4.69) is 9.71 Å². The molecule has 1 aromatic heterocycles. The molecule has 0 saturated carbocycles. The maximum absolute atomic E-state index is 12.1. The summed E-state index contributed by atoms with van der Waals surface area (Å²) in [4.78, 5) is 3.80. The third kappa shape index (κ3) is 3.34. The van der Waals surface area contributed by atoms with Gasteiger partial charge >= 0.3 is 0 Å². The number of hydrogen-bond donors (Lipinski definition) is 2. The smallest absolute Gasteiger partial charge is 0.244 e. The highest BCUT2D eigenvalue weighted by atomic mass is 32.2. The second-order valence-electron chi connectivity index (χ2n) is 4.46. The molecule has 2 aromatic rings. The first-order valence-electron chi connectivity index (χ1n) is 6.25. The predicted molar refractivity (Wildman–Crippen MR) is 78.7 cm³/mol. The van der Waals surface area contributed by atoms with Crippen LogP contribution in [0.25, 0.3) is 0 Å². The van der Waals surface area contributed by atoms with Gasteiger partial charge < -0.3 is 5.73 Å². The lowest BCUT2D eigenvalue weighted by atomic mass is 10.1. The fraction of sp³-hybridized carbons (Fsp3) is 0.214. The van der Waals surface area contributed by atoms with Gasteiger partial charge in [-0.05, 0) is 36.6 Å². The Morgan fingerprint density at radius 2 is 1.95 bits per heavy atom. The van der Waals surface area contributed by atoms with Crippen LogP contribution in [-0.4, -0.2) is 19.9 Å². The molecule has 0 bridgehead atoms. The van der Waals surface area contributed by atoms with Gasteiger partial charge in [-0.15, -0.1) is 0 Å². The van der Waals surface area contributed by atoms with Gasteiger partial charge in [0.1, 0.15) is 10.7 Å². The van der Waals surface area contributed by atoms with Crippen molar-refractivity contribution >= 4 is 15.8 Å². The molecule has 0 aliphatic carbocycles. The third-order valence-corrected chi connectivity index (χ3v) is 4.55. The molecule has 5 nitrogen and oxygen atoms in total. The molecule has 0 aliphatic rings. The van der Waals surface area contributed by atoms with Gasteiger partial charge in [-0.25, -0.2) is 18.1 Å². The van der Waals surface area contributed by atoms with Gasteiger partial charge in [0.05, 0.1) is 0 Å². The molecule has 106 valence electrons. The number of aromatic nitrogens is 1. The summed E-state index contributed by atoms with van der Waals surface area (Å²) in [6.45, 7) is 2.32. The molecule has 1 heterocycles. The summed E-state index contributed by atoms with van der Waals surface area (Å²) >= 11 is 0. The average Bonchev–Trinajstić information content (AvgIpc) is 2.41. The minimum Gasteiger partial charge on any atom is -0.383 e. The van der Waals surface area contributed by atoms with Crippen LogP contribution in [0.3, 0.4) is 0 Å². The molecule has 0 aliphatic heterocycles. The molecule has 0 spiro atoms. The number of nitrogen functional groups attached to an aromatic ring is 1. The Bertz CT molecular complexity index is 699. The minimum atomic E-state index is -3.61. The second kappa shape index (κ2) is 6.02. The summed E-state index contributed by atoms with van der Waals surface area (Å²) < 4.78 is 26.7. The number of nitrogens with zero attached hydrogens (tertiary/aromatic N) is 1. The monoisotopic (exact) mass is 291 g/mol. The SMILES string of the molecule is Cc1ccccc1CCNS(=O)(=O)c1cccnc1N. The molecule has 0 saturated heterocycles. The van der Waals surface area contributed by atoms with Gasteiger partial charge in [-0.2, -0.15) is 0 Å². The number of hydrogen-bond acceptors (Lipinski definition) is 4. The van der Waals surface area contributed by atoms with Crippen molar-refractivity contribution in [3.8, 4) is 0 Å². The van der Waals surface area contributed by atoms with Gasteiger partial charge in [0.25, 0.3) is 0 Å². The molecule has 0 fully saturated rings. The summed E-state index contributed by atoms with van der Waals surface area (Å²) in [5.41, 5.74) is 7.85. The van der Waals surface area contributed by atoms with Crippen molar-refractivity contribution in [3.63, 3.8) is 0 Å². The summed E-state index contributed by atoms with van der Waals surface area (Å²) in [5.74, 6) is 0.0101. The van der Waals surface area contributed by atoms with Crippen molar-refractivity contribution in [1.82, 2.24) is 9.71 Å². The van der Waals surface area contributed by atoms with Gasteiger partial charge in [0, 0.05) is 12.7 Å². The Hall–Kier alpha value is -1.92. The van der Waals surface area contributed by atoms with E-state index in [1.54, 1.807) is 6.07 Å². The highest BCUT2D eigenvalue weighted by Crippen LogP contribution is 2.14. The highest BCUT2D eigenvalue weighted by molar-refractivity contribution is 7.89. The molecule has 0 radical (unpaired) electrons. The van der Waals surface area contributed by atoms with Crippen LogP contribution in [0.1, 0.15) is 11.1 Å². The lowest BCUT2D eigenvalue weighted by Crippen LogP contribution is -2.27. The molecule has 3 N–H and O–H groups in total. The van der Waals surface area contributed by atoms with Crippen molar-refractivity contribution in [1.29, 1.82) is 0 Å². The van der Waals surface area contributed by atoms with Crippen LogP contribution in [0.4, 0.5) is 5.82 Å². The topological polar surface area (TPSA) is 85.1 Å². The van der Waals surface area contributed by atoms with Crippen LogP contribution in [-0.2, 0) is 16.4 Å². The van der Waals surface area contributed by atoms with E-state index in [1.165, 1.54) is 12.3 Å². The number of pyridine rings is 1. The Morgan fingerprint density at radius 1 is 1.20 bits per heavy atom. The maximum atomic E-state index is 12.1. The Kier molecular flexibility index (Phi) is 4.36. The van der Waals surface area contributed by atoms with Gasteiger partial charge in [-0.1, -0.05) is 24.3 Å². The van der Waals surface area contributed by atoms with Gasteiger partial charge in [0.15, 0.2) is 0 Å². The van der Waals surface area contributed by atoms with E-state index in [0.717, 1.165) is 11.1 Å². The Labute approximate surface area is 118 Å². The van der Waals surface area contributed by atoms with Crippen LogP contribution in [0.2, 0.25) is 0 Å². The molecule has 0 amide bonds. The van der Waals surface area contributed by atoms with E-state index in [1.807, 2.05) is 31.2 Å². The first-order chi connectivity index (χ1) is 9.50. The zero-order chi connectivity index (χ0) is 14.6. The molecular formula is C14H17N3O2S. The second-order valence-corrected chi connectivity index (χ2v) is 6.20. The van der Waals surface area contributed by atoms with E-state index >= 15 is 0 Å². The molecule has 0 unspecified atom stereocenters. The maximum Gasteiger partial charge on any atom is 0.244 e. The first-order valence-corrected chi connectivity index (χ1v) is 7.74. The fourth-order valence-electron chi connectivity index (χ4n) is 1.92. The molecule has 20 heavy (non-hydrogen) atoms.